The molecule has 2 N–H and O–H groups in total. The molecule has 4 heterocycles. The fourth-order valence-corrected chi connectivity index (χ4v) is 6.59. The Morgan fingerprint density at radius 3 is 2.37 bits per heavy atom. The Bertz CT molecular complexity index is 1880. The lowest BCUT2D eigenvalue weighted by atomic mass is 9.88. The van der Waals surface area contributed by atoms with Crippen LogP contribution >= 0.6 is 0 Å². The number of carbonyl (C=O) groups is 1. The third-order valence-corrected chi connectivity index (χ3v) is 9.41. The van der Waals surface area contributed by atoms with E-state index >= 15 is 0 Å². The maximum atomic E-state index is 13.4. The van der Waals surface area contributed by atoms with Gasteiger partial charge in [-0.15, -0.1) is 5.06 Å². The number of anilines is 2. The van der Waals surface area contributed by atoms with Crippen LogP contribution in [-0.2, 0) is 26.6 Å². The highest BCUT2D eigenvalue weighted by Crippen LogP contribution is 2.44. The van der Waals surface area contributed by atoms with E-state index in [2.05, 4.69) is 45.2 Å². The summed E-state index contributed by atoms with van der Waals surface area (Å²) < 4.78 is 28.7. The first-order chi connectivity index (χ1) is 22.0. The van der Waals surface area contributed by atoms with Gasteiger partial charge in [-0.05, 0) is 55.3 Å². The highest BCUT2D eigenvalue weighted by atomic mass is 19.3. The van der Waals surface area contributed by atoms with Gasteiger partial charge in [0.1, 0.15) is 0 Å². The number of nitrogens with zero attached hydrogens (tertiary/aromatic N) is 5. The van der Waals surface area contributed by atoms with E-state index in [9.17, 15) is 13.6 Å². The van der Waals surface area contributed by atoms with E-state index in [4.69, 9.17) is 4.84 Å². The minimum Gasteiger partial charge on any atom is -0.405 e. The maximum absolute atomic E-state index is 13.4. The van der Waals surface area contributed by atoms with Crippen LogP contribution in [0.5, 0.6) is 5.75 Å². The summed E-state index contributed by atoms with van der Waals surface area (Å²) in [6.45, 7) is 10.4. The molecule has 0 radical (unpaired) electrons. The molecule has 46 heavy (non-hydrogen) atoms. The first-order valence-electron chi connectivity index (χ1n) is 15.5. The van der Waals surface area contributed by atoms with Crippen molar-refractivity contribution in [2.24, 2.45) is 7.05 Å². The molecule has 2 aromatic heterocycles. The van der Waals surface area contributed by atoms with Gasteiger partial charge in [-0.2, -0.15) is 0 Å². The SMILES string of the molecule is C=C(Nc1cccc(-c2cccc(NC(=O)c3nc4c(n3C)CCN(C)C4)c2C)c1C)c1cc2c(cn1)CN(C1CC(F)(F)C1)O2. The van der Waals surface area contributed by atoms with E-state index in [0.717, 1.165) is 70.1 Å². The highest BCUT2D eigenvalue weighted by Gasteiger charge is 2.50. The molecule has 238 valence electrons. The molecular formula is C35H37F2N7O2. The van der Waals surface area contributed by atoms with Crippen LogP contribution in [0.15, 0.2) is 55.2 Å². The highest BCUT2D eigenvalue weighted by molar-refractivity contribution is 6.03. The molecule has 2 aliphatic heterocycles. The summed E-state index contributed by atoms with van der Waals surface area (Å²) >= 11 is 0. The van der Waals surface area contributed by atoms with Crippen molar-refractivity contribution in [3.8, 4) is 16.9 Å². The number of rotatable bonds is 7. The summed E-state index contributed by atoms with van der Waals surface area (Å²) in [6.07, 6.45) is 2.21. The third kappa shape index (κ3) is 5.43. The van der Waals surface area contributed by atoms with Crippen LogP contribution in [0.4, 0.5) is 20.2 Å². The maximum Gasteiger partial charge on any atom is 0.291 e. The summed E-state index contributed by atoms with van der Waals surface area (Å²) in [5.41, 5.74) is 9.67. The van der Waals surface area contributed by atoms with Gasteiger partial charge in [-0.1, -0.05) is 30.8 Å². The predicted molar refractivity (Wildman–Crippen MR) is 174 cm³/mol. The molecule has 0 spiro atoms. The quantitative estimate of drug-likeness (QED) is 0.248. The molecule has 0 unspecified atom stereocenters. The molecule has 3 aliphatic rings. The third-order valence-electron chi connectivity index (χ3n) is 9.41. The average Bonchev–Trinajstić information content (AvgIpc) is 3.58. The average molecular weight is 626 g/mol. The van der Waals surface area contributed by atoms with Crippen LogP contribution in [0, 0.1) is 13.8 Å². The van der Waals surface area contributed by atoms with Crippen molar-refractivity contribution in [3.63, 3.8) is 0 Å². The molecule has 4 aromatic rings. The summed E-state index contributed by atoms with van der Waals surface area (Å²) in [5.74, 6) is -1.82. The molecule has 0 atom stereocenters. The second-order valence-electron chi connectivity index (χ2n) is 12.7. The Morgan fingerprint density at radius 1 is 1.02 bits per heavy atom. The first-order valence-corrected chi connectivity index (χ1v) is 15.5. The Labute approximate surface area is 266 Å². The number of imidazole rings is 1. The normalized spacial score (nSPS) is 17.5. The molecule has 9 nitrogen and oxygen atoms in total. The van der Waals surface area contributed by atoms with Crippen LogP contribution in [0.25, 0.3) is 16.8 Å². The van der Waals surface area contributed by atoms with Crippen molar-refractivity contribution < 1.29 is 18.4 Å². The molecule has 2 aromatic carbocycles. The second kappa shape index (κ2) is 11.3. The summed E-state index contributed by atoms with van der Waals surface area (Å²) in [6, 6.07) is 13.4. The Morgan fingerprint density at radius 2 is 1.70 bits per heavy atom. The molecule has 1 amide bonds. The number of carbonyl (C=O) groups excluding carboxylic acids is 1. The van der Waals surface area contributed by atoms with Crippen molar-refractivity contribution >= 4 is 23.0 Å². The second-order valence-corrected chi connectivity index (χ2v) is 12.7. The minimum atomic E-state index is -2.61. The van der Waals surface area contributed by atoms with Crippen molar-refractivity contribution in [1.82, 2.24) is 24.5 Å². The van der Waals surface area contributed by atoms with Crippen LogP contribution in [0.2, 0.25) is 0 Å². The lowest BCUT2D eigenvalue weighted by Gasteiger charge is -2.39. The Kier molecular flexibility index (Phi) is 7.40. The van der Waals surface area contributed by atoms with Crippen molar-refractivity contribution in [2.75, 3.05) is 24.2 Å². The van der Waals surface area contributed by atoms with Gasteiger partial charge < -0.3 is 24.9 Å². The number of benzene rings is 2. The monoisotopic (exact) mass is 625 g/mol. The summed E-state index contributed by atoms with van der Waals surface area (Å²) in [5, 5.41) is 8.13. The zero-order chi connectivity index (χ0) is 32.3. The first kappa shape index (κ1) is 30.1. The fraction of sp³-hybridized carbons (Fsp3) is 0.343. The van der Waals surface area contributed by atoms with Gasteiger partial charge in [0.15, 0.2) is 11.6 Å². The van der Waals surface area contributed by atoms with Gasteiger partial charge in [0.05, 0.1) is 29.7 Å². The van der Waals surface area contributed by atoms with E-state index in [0.29, 0.717) is 29.5 Å². The zero-order valence-corrected chi connectivity index (χ0v) is 26.5. The number of fused-ring (bicyclic) bond motifs is 2. The number of hydrogen-bond donors (Lipinski definition) is 2. The fourth-order valence-electron chi connectivity index (χ4n) is 6.59. The van der Waals surface area contributed by atoms with Gasteiger partial charge in [-0.3, -0.25) is 9.78 Å². The topological polar surface area (TPSA) is 87.5 Å². The van der Waals surface area contributed by atoms with Gasteiger partial charge in [0.2, 0.25) is 0 Å². The summed E-state index contributed by atoms with van der Waals surface area (Å²) in [4.78, 5) is 30.8. The number of pyridine rings is 1. The van der Waals surface area contributed by atoms with Crippen LogP contribution in [-0.4, -0.2) is 56.0 Å². The zero-order valence-electron chi connectivity index (χ0n) is 26.5. The molecule has 11 heteroatoms. The standard InChI is InChI=1S/C35H37F2N7O2/c1-20-25(26-9-7-11-28(21(26)2)41-34(45)33-40-30-19-42(4)13-12-31(30)43(33)5)8-6-10-27(20)39-22(3)29-14-32-23(17-38-29)18-44(46-32)24-15-35(36,37)16-24/h6-11,14,17,24,39H,3,12-13,15-16,18-19H2,1-2,4-5H3,(H,41,45). The molecule has 1 fully saturated rings. The van der Waals surface area contributed by atoms with E-state index in [1.54, 1.807) is 17.3 Å². The predicted octanol–water partition coefficient (Wildman–Crippen LogP) is 6.33. The smallest absolute Gasteiger partial charge is 0.291 e. The van der Waals surface area contributed by atoms with E-state index in [1.807, 2.05) is 55.8 Å². The van der Waals surface area contributed by atoms with Crippen LogP contribution in [0.1, 0.15) is 57.2 Å². The van der Waals surface area contributed by atoms with Gasteiger partial charge in [0, 0.05) is 74.3 Å². The molecule has 7 rings (SSSR count). The van der Waals surface area contributed by atoms with E-state index in [1.165, 1.54) is 0 Å². The number of nitrogens with one attached hydrogen (secondary N) is 2. The van der Waals surface area contributed by atoms with E-state index in [-0.39, 0.29) is 24.8 Å². The number of amides is 1. The molecule has 1 saturated carbocycles. The van der Waals surface area contributed by atoms with Crippen LogP contribution < -0.4 is 15.5 Å². The van der Waals surface area contributed by atoms with Crippen LogP contribution in [0.3, 0.4) is 0 Å². The largest absolute Gasteiger partial charge is 0.405 e. The summed E-state index contributed by atoms with van der Waals surface area (Å²) in [7, 11) is 3.97. The Hall–Kier alpha value is -4.61. The lowest BCUT2D eigenvalue weighted by Crippen LogP contribution is -2.50. The van der Waals surface area contributed by atoms with Crippen molar-refractivity contribution in [1.29, 1.82) is 0 Å². The number of hydroxylamine groups is 2. The molecule has 0 bridgehead atoms. The Balaban J connectivity index is 1.07. The van der Waals surface area contributed by atoms with Gasteiger partial charge >= 0.3 is 0 Å². The number of aromatic nitrogens is 3. The number of likely N-dealkylation sites (N-methyl/N-ethyl adjacent to an activating group) is 1. The number of alkyl halides is 2. The van der Waals surface area contributed by atoms with E-state index < -0.39 is 5.92 Å². The molecule has 1 aliphatic carbocycles. The lowest BCUT2D eigenvalue weighted by molar-refractivity contribution is -0.192. The minimum absolute atomic E-state index is 0.191. The van der Waals surface area contributed by atoms with Crippen molar-refractivity contribution in [3.05, 3.63) is 94.8 Å². The number of halogens is 2. The molecule has 0 saturated heterocycles. The van der Waals surface area contributed by atoms with Gasteiger partial charge in [-0.25, -0.2) is 13.8 Å². The number of hydrogen-bond acceptors (Lipinski definition) is 7. The van der Waals surface area contributed by atoms with Gasteiger partial charge in [0.25, 0.3) is 11.8 Å². The van der Waals surface area contributed by atoms with Crippen molar-refractivity contribution in [2.45, 2.75) is 58.2 Å². The molecular weight excluding hydrogens is 588 g/mol.